The summed E-state index contributed by atoms with van der Waals surface area (Å²) in [6.45, 7) is 0.517. The van der Waals surface area contributed by atoms with Crippen LogP contribution in [0.1, 0.15) is 30.4 Å². The first-order valence-corrected chi connectivity index (χ1v) is 9.67. The zero-order valence-electron chi connectivity index (χ0n) is 15.3. The van der Waals surface area contributed by atoms with Crippen molar-refractivity contribution in [3.8, 4) is 5.75 Å². The number of carbonyl (C=O) groups excluding carboxylic acids is 1. The number of carbonyl (C=O) groups is 1. The molecule has 2 bridgehead atoms. The molecule has 2 unspecified atom stereocenters. The fraction of sp³-hybridized carbons (Fsp3) is 0.318. The third-order valence-corrected chi connectivity index (χ3v) is 5.66. The molecule has 0 aromatic heterocycles. The van der Waals surface area contributed by atoms with Gasteiger partial charge in [-0.25, -0.2) is 4.79 Å². The van der Waals surface area contributed by atoms with Crippen LogP contribution < -0.4 is 10.1 Å². The second-order valence-corrected chi connectivity index (χ2v) is 7.56. The van der Waals surface area contributed by atoms with Gasteiger partial charge in [0.1, 0.15) is 5.75 Å². The van der Waals surface area contributed by atoms with E-state index >= 15 is 0 Å². The first kappa shape index (κ1) is 17.9. The maximum atomic E-state index is 12.8. The molecule has 2 heterocycles. The molecule has 2 aromatic rings. The SMILES string of the molecule is COc1ccc(CNC(=O)N2C3C=C(c4cccc(Cl)c4)CC2CC3)cc1. The van der Waals surface area contributed by atoms with Gasteiger partial charge in [-0.2, -0.15) is 0 Å². The smallest absolute Gasteiger partial charge is 0.318 e. The fourth-order valence-electron chi connectivity index (χ4n) is 4.06. The number of methoxy groups -OCH3 is 1. The van der Waals surface area contributed by atoms with Crippen LogP contribution in [0.15, 0.2) is 54.6 Å². The van der Waals surface area contributed by atoms with Gasteiger partial charge in [0.05, 0.1) is 13.2 Å². The Hall–Kier alpha value is -2.46. The van der Waals surface area contributed by atoms with Crippen LogP contribution in [0.5, 0.6) is 5.75 Å². The number of hydrogen-bond donors (Lipinski definition) is 1. The van der Waals surface area contributed by atoms with Crippen LogP contribution in [-0.4, -0.2) is 30.1 Å². The zero-order chi connectivity index (χ0) is 18.8. The van der Waals surface area contributed by atoms with Gasteiger partial charge in [-0.15, -0.1) is 0 Å². The normalized spacial score (nSPS) is 21.0. The topological polar surface area (TPSA) is 41.6 Å². The lowest BCUT2D eigenvalue weighted by Gasteiger charge is -2.34. The first-order valence-electron chi connectivity index (χ1n) is 9.30. The van der Waals surface area contributed by atoms with Crippen molar-refractivity contribution >= 4 is 23.2 Å². The van der Waals surface area contributed by atoms with E-state index in [9.17, 15) is 4.79 Å². The van der Waals surface area contributed by atoms with Gasteiger partial charge in [0.15, 0.2) is 0 Å². The van der Waals surface area contributed by atoms with Crippen LogP contribution in [-0.2, 0) is 6.54 Å². The molecule has 4 nitrogen and oxygen atoms in total. The first-order chi connectivity index (χ1) is 13.1. The van der Waals surface area contributed by atoms with Crippen molar-refractivity contribution in [2.45, 2.75) is 37.9 Å². The molecule has 2 amide bonds. The lowest BCUT2D eigenvalue weighted by atomic mass is 9.95. The number of rotatable bonds is 4. The second kappa shape index (κ2) is 7.65. The van der Waals surface area contributed by atoms with E-state index in [4.69, 9.17) is 16.3 Å². The van der Waals surface area contributed by atoms with Gasteiger partial charge in [-0.1, -0.05) is 41.9 Å². The van der Waals surface area contributed by atoms with Crippen LogP contribution >= 0.6 is 11.6 Å². The molecule has 2 atom stereocenters. The molecule has 140 valence electrons. The van der Waals surface area contributed by atoms with Crippen molar-refractivity contribution in [3.63, 3.8) is 0 Å². The Morgan fingerprint density at radius 2 is 2.04 bits per heavy atom. The Labute approximate surface area is 164 Å². The summed E-state index contributed by atoms with van der Waals surface area (Å²) in [7, 11) is 1.65. The predicted molar refractivity (Wildman–Crippen MR) is 108 cm³/mol. The van der Waals surface area contributed by atoms with Crippen LogP contribution in [0.2, 0.25) is 5.02 Å². The maximum Gasteiger partial charge on any atom is 0.318 e. The van der Waals surface area contributed by atoms with Crippen molar-refractivity contribution in [3.05, 3.63) is 70.8 Å². The number of nitrogens with zero attached hydrogens (tertiary/aromatic N) is 1. The van der Waals surface area contributed by atoms with Gasteiger partial charge < -0.3 is 15.0 Å². The van der Waals surface area contributed by atoms with E-state index in [1.165, 1.54) is 5.57 Å². The van der Waals surface area contributed by atoms with Gasteiger partial charge in [0.25, 0.3) is 0 Å². The van der Waals surface area contributed by atoms with Crippen LogP contribution in [0.4, 0.5) is 4.79 Å². The average Bonchev–Trinajstić information content (AvgIpc) is 2.96. The Morgan fingerprint density at radius 1 is 1.22 bits per heavy atom. The molecule has 0 aliphatic carbocycles. The number of hydrogen-bond acceptors (Lipinski definition) is 2. The molecule has 0 radical (unpaired) electrons. The Morgan fingerprint density at radius 3 is 2.74 bits per heavy atom. The van der Waals surface area contributed by atoms with Crippen molar-refractivity contribution < 1.29 is 9.53 Å². The summed E-state index contributed by atoms with van der Waals surface area (Å²) < 4.78 is 5.17. The Bertz CT molecular complexity index is 863. The number of ether oxygens (including phenoxy) is 1. The molecule has 1 saturated heterocycles. The standard InChI is InChI=1S/C22H23ClN2O2/c1-27-21-9-5-15(6-10-21)14-24-22(26)25-19-7-8-20(25)13-17(12-19)16-3-2-4-18(23)11-16/h2-6,9-12,19-20H,7-8,13-14H2,1H3,(H,24,26). The van der Waals surface area contributed by atoms with E-state index in [0.29, 0.717) is 6.54 Å². The average molecular weight is 383 g/mol. The number of nitrogens with one attached hydrogen (secondary N) is 1. The summed E-state index contributed by atoms with van der Waals surface area (Å²) >= 11 is 6.14. The zero-order valence-corrected chi connectivity index (χ0v) is 16.1. The van der Waals surface area contributed by atoms with Crippen molar-refractivity contribution in [1.29, 1.82) is 0 Å². The number of halogens is 1. The minimum Gasteiger partial charge on any atom is -0.497 e. The predicted octanol–water partition coefficient (Wildman–Crippen LogP) is 4.88. The molecule has 2 aliphatic rings. The highest BCUT2D eigenvalue weighted by atomic mass is 35.5. The van der Waals surface area contributed by atoms with Crippen molar-refractivity contribution in [2.75, 3.05) is 7.11 Å². The summed E-state index contributed by atoms with van der Waals surface area (Å²) in [5, 5.41) is 3.82. The lowest BCUT2D eigenvalue weighted by molar-refractivity contribution is 0.179. The van der Waals surface area contributed by atoms with Gasteiger partial charge in [-0.05, 0) is 60.2 Å². The van der Waals surface area contributed by atoms with E-state index < -0.39 is 0 Å². The Kier molecular flexibility index (Phi) is 5.08. The summed E-state index contributed by atoms with van der Waals surface area (Å²) in [4.78, 5) is 14.8. The van der Waals surface area contributed by atoms with Gasteiger partial charge >= 0.3 is 6.03 Å². The molecular formula is C22H23ClN2O2. The number of fused-ring (bicyclic) bond motifs is 2. The fourth-order valence-corrected chi connectivity index (χ4v) is 4.25. The monoisotopic (exact) mass is 382 g/mol. The third-order valence-electron chi connectivity index (χ3n) is 5.43. The molecule has 1 fully saturated rings. The van der Waals surface area contributed by atoms with E-state index in [1.807, 2.05) is 47.4 Å². The second-order valence-electron chi connectivity index (χ2n) is 7.12. The van der Waals surface area contributed by atoms with Crippen molar-refractivity contribution in [1.82, 2.24) is 10.2 Å². The van der Waals surface area contributed by atoms with E-state index in [2.05, 4.69) is 17.5 Å². The summed E-state index contributed by atoms with van der Waals surface area (Å²) in [5.41, 5.74) is 3.52. The maximum absolute atomic E-state index is 12.8. The highest BCUT2D eigenvalue weighted by Gasteiger charge is 2.39. The van der Waals surface area contributed by atoms with Crippen LogP contribution in [0.25, 0.3) is 5.57 Å². The molecule has 2 aromatic carbocycles. The summed E-state index contributed by atoms with van der Waals surface area (Å²) in [6.07, 6.45) is 5.18. The summed E-state index contributed by atoms with van der Waals surface area (Å²) in [6, 6.07) is 16.2. The molecule has 1 N–H and O–H groups in total. The minimum atomic E-state index is 0.0136. The van der Waals surface area contributed by atoms with E-state index in [-0.39, 0.29) is 18.1 Å². The van der Waals surface area contributed by atoms with E-state index in [1.54, 1.807) is 7.11 Å². The molecule has 0 spiro atoms. The quantitative estimate of drug-likeness (QED) is 0.818. The lowest BCUT2D eigenvalue weighted by Crippen LogP contribution is -2.48. The molecule has 4 rings (SSSR count). The van der Waals surface area contributed by atoms with Gasteiger partial charge in [0, 0.05) is 17.6 Å². The Balaban J connectivity index is 1.43. The highest BCUT2D eigenvalue weighted by Crippen LogP contribution is 2.38. The largest absolute Gasteiger partial charge is 0.497 e. The molecule has 27 heavy (non-hydrogen) atoms. The molecule has 0 saturated carbocycles. The van der Waals surface area contributed by atoms with Gasteiger partial charge in [0.2, 0.25) is 0 Å². The number of urea groups is 1. The van der Waals surface area contributed by atoms with Crippen molar-refractivity contribution in [2.24, 2.45) is 0 Å². The molecule has 5 heteroatoms. The minimum absolute atomic E-state index is 0.0136. The third kappa shape index (κ3) is 3.81. The van der Waals surface area contributed by atoms with Crippen LogP contribution in [0, 0.1) is 0 Å². The van der Waals surface area contributed by atoms with Gasteiger partial charge in [-0.3, -0.25) is 0 Å². The summed E-state index contributed by atoms with van der Waals surface area (Å²) in [5.74, 6) is 0.817. The van der Waals surface area contributed by atoms with Crippen LogP contribution in [0.3, 0.4) is 0 Å². The molecule has 2 aliphatic heterocycles. The molecular weight excluding hydrogens is 360 g/mol. The van der Waals surface area contributed by atoms with E-state index in [0.717, 1.165) is 41.2 Å². The number of benzene rings is 2. The number of amides is 2. The highest BCUT2D eigenvalue weighted by molar-refractivity contribution is 6.30.